The minimum Gasteiger partial charge on any atom is -0.0622 e. The van der Waals surface area contributed by atoms with Crippen molar-refractivity contribution >= 4 is 43.1 Å². The van der Waals surface area contributed by atoms with Crippen molar-refractivity contribution in [3.8, 4) is 44.5 Å². The lowest BCUT2D eigenvalue weighted by molar-refractivity contribution is 1.62. The molecule has 0 heteroatoms. The third-order valence-electron chi connectivity index (χ3n) is 7.26. The summed E-state index contributed by atoms with van der Waals surface area (Å²) < 4.78 is 261. The Morgan fingerprint density at radius 3 is 1.72 bits per heavy atom. The molecule has 0 atom stereocenters. The molecule has 0 spiro atoms. The molecule has 9 aromatic carbocycles. The van der Waals surface area contributed by atoms with Gasteiger partial charge in [0, 0.05) is 0 Å². The van der Waals surface area contributed by atoms with Crippen molar-refractivity contribution in [3.63, 3.8) is 0 Å². The van der Waals surface area contributed by atoms with Gasteiger partial charge in [-0.05, 0) is 106 Å². The molecular formula is C46H30. The standard InChI is InChI=1S/C46H30/c1-2-12-31(13-3-1)37-26-27-43-44(30-37)46(40-23-11-17-33-15-6-7-20-39(33)40)42-22-9-8-21-41(42)45(43)38-19-10-18-35(29-38)36-25-24-32-14-4-5-16-34(32)28-36/h1-30H/i1D,2D,3D,4D,5D,6D,7D,8D,9D,10D,11D,12D,13D,14D,15D,16D,17D,18D,19D,20D,21D,22D,23D,24D,26D,27D,28D,29D,30D. The molecule has 0 fully saturated rings. The summed E-state index contributed by atoms with van der Waals surface area (Å²) in [6.07, 6.45) is 0. The summed E-state index contributed by atoms with van der Waals surface area (Å²) in [6.45, 7) is 0. The average Bonchev–Trinajstić information content (AvgIpc) is 3.37. The van der Waals surface area contributed by atoms with Gasteiger partial charge in [0.05, 0.1) is 39.8 Å². The molecule has 9 rings (SSSR count). The highest BCUT2D eigenvalue weighted by Gasteiger charge is 2.19. The van der Waals surface area contributed by atoms with E-state index in [0.717, 1.165) is 6.07 Å². The topological polar surface area (TPSA) is 0 Å². The van der Waals surface area contributed by atoms with Crippen molar-refractivity contribution in [3.05, 3.63) is 181 Å². The summed E-state index contributed by atoms with van der Waals surface area (Å²) in [5.74, 6) is 0. The summed E-state index contributed by atoms with van der Waals surface area (Å²) in [5.41, 5.74) is -6.45. The minimum atomic E-state index is -1.13. The van der Waals surface area contributed by atoms with Crippen molar-refractivity contribution < 1.29 is 39.8 Å². The van der Waals surface area contributed by atoms with Gasteiger partial charge in [-0.25, -0.2) is 0 Å². The predicted octanol–water partition coefficient (Wildman–Crippen LogP) is 13.0. The quantitative estimate of drug-likeness (QED) is 0.174. The number of fused-ring (bicyclic) bond motifs is 4. The number of hydrogen-bond donors (Lipinski definition) is 0. The SMILES string of the molecule is [2H]c1c([2H])c([2H])c(-c2c([2H])c([2H])c3c(-c4c([2H])c([2H])c([2H])c(-c5cc([2H])c6c([2H])c([2H])c([2H])c([2H])c6c5[2H])c4[2H])c4c([2H])c([2H])c([2H])c([2H])c4c(-c4c([2H])c([2H])c([2H])c5c([2H])c([2H])c([2H])c([2H])c45)c3c2[2H])c([2H])c1[2H]. The van der Waals surface area contributed by atoms with E-state index in [2.05, 4.69) is 0 Å². The lowest BCUT2D eigenvalue weighted by atomic mass is 9.83. The van der Waals surface area contributed by atoms with E-state index in [1.807, 2.05) is 0 Å². The fourth-order valence-corrected chi connectivity index (χ4v) is 5.29. The first-order chi connectivity index (χ1) is 34.9. The average molecular weight is 612 g/mol. The van der Waals surface area contributed by atoms with Crippen LogP contribution in [-0.4, -0.2) is 0 Å². The normalized spacial score (nSPS) is 20.3. The van der Waals surface area contributed by atoms with Crippen LogP contribution in [0.2, 0.25) is 0 Å². The number of benzene rings is 9. The fraction of sp³-hybridized carbons (Fsp3) is 0. The zero-order valence-corrected chi connectivity index (χ0v) is 23.1. The monoisotopic (exact) mass is 611 g/mol. The van der Waals surface area contributed by atoms with Gasteiger partial charge in [0.25, 0.3) is 0 Å². The maximum Gasteiger partial charge on any atom is 0.0636 e. The first kappa shape index (κ1) is 10.3. The maximum atomic E-state index is 10.1. The summed E-state index contributed by atoms with van der Waals surface area (Å²) >= 11 is 0. The van der Waals surface area contributed by atoms with Crippen LogP contribution in [0.4, 0.5) is 0 Å². The van der Waals surface area contributed by atoms with Crippen LogP contribution in [0.5, 0.6) is 0 Å². The van der Waals surface area contributed by atoms with Crippen LogP contribution < -0.4 is 0 Å². The molecule has 0 saturated heterocycles. The zero-order valence-electron chi connectivity index (χ0n) is 52.1. The second kappa shape index (κ2) is 10.9. The molecule has 0 amide bonds. The van der Waals surface area contributed by atoms with Crippen LogP contribution in [-0.2, 0) is 0 Å². The number of hydrogen-bond acceptors (Lipinski definition) is 0. The lowest BCUT2D eigenvalue weighted by Crippen LogP contribution is -1.93. The predicted molar refractivity (Wildman–Crippen MR) is 198 cm³/mol. The van der Waals surface area contributed by atoms with Crippen molar-refractivity contribution in [2.75, 3.05) is 0 Å². The molecule has 214 valence electrons. The molecule has 0 heterocycles. The van der Waals surface area contributed by atoms with Crippen molar-refractivity contribution in [1.29, 1.82) is 0 Å². The van der Waals surface area contributed by atoms with Crippen LogP contribution >= 0.6 is 0 Å². The van der Waals surface area contributed by atoms with Gasteiger partial charge in [0.15, 0.2) is 0 Å². The molecule has 0 aliphatic carbocycles. The molecule has 0 radical (unpaired) electrons. The van der Waals surface area contributed by atoms with Gasteiger partial charge in [0.2, 0.25) is 0 Å². The number of rotatable bonds is 4. The molecule has 0 bridgehead atoms. The third-order valence-corrected chi connectivity index (χ3v) is 7.26. The Labute approximate surface area is 309 Å². The Kier molecular flexibility index (Phi) is 2.43. The van der Waals surface area contributed by atoms with Crippen molar-refractivity contribution in [1.82, 2.24) is 0 Å². The van der Waals surface area contributed by atoms with Crippen LogP contribution in [0.1, 0.15) is 39.8 Å². The van der Waals surface area contributed by atoms with Crippen LogP contribution in [0.25, 0.3) is 87.6 Å². The van der Waals surface area contributed by atoms with Crippen molar-refractivity contribution in [2.24, 2.45) is 0 Å². The highest BCUT2D eigenvalue weighted by molar-refractivity contribution is 6.24. The molecule has 0 aliphatic rings. The van der Waals surface area contributed by atoms with Gasteiger partial charge in [0.1, 0.15) is 0 Å². The summed E-state index contributed by atoms with van der Waals surface area (Å²) in [7, 11) is 0. The zero-order chi connectivity index (χ0) is 55.7. The van der Waals surface area contributed by atoms with Gasteiger partial charge in [-0.15, -0.1) is 0 Å². The summed E-state index contributed by atoms with van der Waals surface area (Å²) in [6, 6.07) is -27.0. The highest BCUT2D eigenvalue weighted by Crippen LogP contribution is 2.46. The van der Waals surface area contributed by atoms with E-state index in [0.29, 0.717) is 0 Å². The molecule has 0 saturated carbocycles. The van der Waals surface area contributed by atoms with Gasteiger partial charge >= 0.3 is 0 Å². The third kappa shape index (κ3) is 4.38. The van der Waals surface area contributed by atoms with E-state index in [1.54, 1.807) is 0 Å². The summed E-state index contributed by atoms with van der Waals surface area (Å²) in [5, 5.41) is -5.74. The molecule has 0 aliphatic heterocycles. The second-order valence-electron chi connectivity index (χ2n) is 9.83. The van der Waals surface area contributed by atoms with Crippen LogP contribution in [0.15, 0.2) is 181 Å². The fourth-order valence-electron chi connectivity index (χ4n) is 5.29. The Balaban J connectivity index is 1.67. The van der Waals surface area contributed by atoms with E-state index < -0.39 is 263 Å². The van der Waals surface area contributed by atoms with Crippen molar-refractivity contribution in [2.45, 2.75) is 0 Å². The summed E-state index contributed by atoms with van der Waals surface area (Å²) in [4.78, 5) is 0. The first-order valence-corrected chi connectivity index (χ1v) is 13.6. The molecule has 0 nitrogen and oxygen atoms in total. The van der Waals surface area contributed by atoms with Gasteiger partial charge in [-0.2, -0.15) is 0 Å². The molecule has 0 aromatic heterocycles. The molecule has 0 N–H and O–H groups in total. The van der Waals surface area contributed by atoms with Gasteiger partial charge in [-0.3, -0.25) is 0 Å². The second-order valence-corrected chi connectivity index (χ2v) is 9.83. The molecule has 46 heavy (non-hydrogen) atoms. The Morgan fingerprint density at radius 1 is 0.283 bits per heavy atom. The van der Waals surface area contributed by atoms with E-state index in [1.165, 1.54) is 0 Å². The van der Waals surface area contributed by atoms with Crippen LogP contribution in [0, 0.1) is 0 Å². The first-order valence-electron chi connectivity index (χ1n) is 28.1. The van der Waals surface area contributed by atoms with E-state index in [-0.39, 0.29) is 0 Å². The largest absolute Gasteiger partial charge is 0.0636 e. The maximum absolute atomic E-state index is 10.1. The van der Waals surface area contributed by atoms with Gasteiger partial charge in [-0.1, -0.05) is 163 Å². The lowest BCUT2D eigenvalue weighted by Gasteiger charge is -2.20. The molecule has 9 aromatic rings. The molecular weight excluding hydrogens is 553 g/mol. The highest BCUT2D eigenvalue weighted by atomic mass is 14.2. The minimum absolute atomic E-state index is 0.431. The van der Waals surface area contributed by atoms with E-state index >= 15 is 0 Å². The van der Waals surface area contributed by atoms with E-state index in [9.17, 15) is 12.3 Å². The smallest absolute Gasteiger partial charge is 0.0622 e. The van der Waals surface area contributed by atoms with E-state index in [4.69, 9.17) is 27.4 Å². The van der Waals surface area contributed by atoms with Crippen LogP contribution in [0.3, 0.4) is 0 Å². The Bertz CT molecular complexity index is 4180. The van der Waals surface area contributed by atoms with Gasteiger partial charge < -0.3 is 0 Å². The molecule has 0 unspecified atom stereocenters. The Morgan fingerprint density at radius 2 is 0.870 bits per heavy atom. The Hall–Kier alpha value is -5.98.